The van der Waals surface area contributed by atoms with E-state index < -0.39 is 23.7 Å². The van der Waals surface area contributed by atoms with Gasteiger partial charge in [-0.1, -0.05) is 29.3 Å². The van der Waals surface area contributed by atoms with E-state index in [2.05, 4.69) is 15.9 Å². The highest BCUT2D eigenvalue weighted by molar-refractivity contribution is 9.10. The maximum Gasteiger partial charge on any atom is 0.341 e. The highest BCUT2D eigenvalue weighted by Gasteiger charge is 2.35. The fourth-order valence-electron chi connectivity index (χ4n) is 2.71. The number of carbonyl (C=O) groups is 3. The van der Waals surface area contributed by atoms with E-state index in [-0.39, 0.29) is 22.9 Å². The Morgan fingerprint density at radius 2 is 1.97 bits per heavy atom. The fourth-order valence-corrected chi connectivity index (χ4v) is 4.44. The summed E-state index contributed by atoms with van der Waals surface area (Å²) in [5.74, 6) is -1.08. The van der Waals surface area contributed by atoms with E-state index in [1.807, 2.05) is 0 Å². The number of carboxylic acids is 1. The highest BCUT2D eigenvalue weighted by atomic mass is 79.9. The maximum atomic E-state index is 12.8. The third-order valence-electron chi connectivity index (χ3n) is 4.09. The topological polar surface area (TPSA) is 93.1 Å². The molecule has 2 aromatic carbocycles. The van der Waals surface area contributed by atoms with Gasteiger partial charge in [0.2, 0.25) is 0 Å². The molecule has 7 nitrogen and oxygen atoms in total. The number of rotatable bonds is 7. The maximum absolute atomic E-state index is 12.8. The van der Waals surface area contributed by atoms with Crippen LogP contribution in [-0.2, 0) is 16.1 Å². The molecular formula is C20H14BrCl2NO6S. The van der Waals surface area contributed by atoms with Gasteiger partial charge in [-0.15, -0.1) is 0 Å². The fraction of sp³-hybridized carbons (Fsp3) is 0.150. The molecule has 1 fully saturated rings. The normalized spacial score (nSPS) is 15.0. The van der Waals surface area contributed by atoms with Crippen LogP contribution in [-0.4, -0.2) is 40.8 Å². The van der Waals surface area contributed by atoms with Crippen molar-refractivity contribution < 1.29 is 29.0 Å². The van der Waals surface area contributed by atoms with E-state index in [1.54, 1.807) is 36.4 Å². The zero-order chi connectivity index (χ0) is 22.7. The second kappa shape index (κ2) is 9.95. The van der Waals surface area contributed by atoms with Crippen LogP contribution in [0.25, 0.3) is 6.08 Å². The van der Waals surface area contributed by atoms with Gasteiger partial charge in [-0.25, -0.2) is 4.79 Å². The lowest BCUT2D eigenvalue weighted by atomic mass is 10.1. The Morgan fingerprint density at radius 1 is 1.23 bits per heavy atom. The van der Waals surface area contributed by atoms with E-state index in [4.69, 9.17) is 37.8 Å². The molecule has 0 radical (unpaired) electrons. The lowest BCUT2D eigenvalue weighted by Crippen LogP contribution is -2.27. The number of halogens is 3. The number of carboxylic acid groups (broad SMARTS) is 1. The Morgan fingerprint density at radius 3 is 2.61 bits per heavy atom. The van der Waals surface area contributed by atoms with Gasteiger partial charge in [0.15, 0.2) is 18.1 Å². The molecule has 2 amide bonds. The van der Waals surface area contributed by atoms with E-state index in [0.717, 1.165) is 16.7 Å². The predicted molar refractivity (Wildman–Crippen MR) is 122 cm³/mol. The number of hydrogen-bond acceptors (Lipinski definition) is 6. The first-order valence-corrected chi connectivity index (χ1v) is 11.0. The average molecular weight is 547 g/mol. The van der Waals surface area contributed by atoms with Crippen LogP contribution >= 0.6 is 50.9 Å². The van der Waals surface area contributed by atoms with E-state index in [1.165, 1.54) is 7.11 Å². The van der Waals surface area contributed by atoms with Crippen molar-refractivity contribution in [2.45, 2.75) is 6.54 Å². The molecule has 0 aromatic heterocycles. The SMILES string of the molecule is COc1cc(/C=C2\SC(=O)N(Cc3ccc(Cl)c(Cl)c3)C2=O)cc(Br)c1OCC(=O)O. The van der Waals surface area contributed by atoms with E-state index in [0.29, 0.717) is 25.6 Å². The monoisotopic (exact) mass is 545 g/mol. The van der Waals surface area contributed by atoms with Crippen molar-refractivity contribution in [2.24, 2.45) is 0 Å². The summed E-state index contributed by atoms with van der Waals surface area (Å²) in [5.41, 5.74) is 1.23. The number of aliphatic carboxylic acids is 1. The van der Waals surface area contributed by atoms with Crippen LogP contribution in [0.4, 0.5) is 4.79 Å². The molecule has 0 atom stereocenters. The van der Waals surface area contributed by atoms with Gasteiger partial charge in [0, 0.05) is 0 Å². The number of thioether (sulfide) groups is 1. The molecule has 3 rings (SSSR count). The number of carbonyl (C=O) groups excluding carboxylic acids is 2. The molecule has 162 valence electrons. The van der Waals surface area contributed by atoms with Gasteiger partial charge in [0.1, 0.15) is 0 Å². The molecule has 2 aromatic rings. The lowest BCUT2D eigenvalue weighted by Gasteiger charge is -2.13. The van der Waals surface area contributed by atoms with Gasteiger partial charge in [0.05, 0.1) is 33.1 Å². The Labute approximate surface area is 200 Å². The van der Waals surface area contributed by atoms with E-state index in [9.17, 15) is 14.4 Å². The minimum absolute atomic E-state index is 0.0634. The molecule has 1 saturated heterocycles. The summed E-state index contributed by atoms with van der Waals surface area (Å²) in [6.45, 7) is -0.476. The molecule has 0 aliphatic carbocycles. The van der Waals surface area contributed by atoms with Gasteiger partial charge in [-0.3, -0.25) is 14.5 Å². The van der Waals surface area contributed by atoms with Gasteiger partial charge >= 0.3 is 5.97 Å². The van der Waals surface area contributed by atoms with Crippen LogP contribution in [0.5, 0.6) is 11.5 Å². The number of hydrogen-bond donors (Lipinski definition) is 1. The summed E-state index contributed by atoms with van der Waals surface area (Å²) in [4.78, 5) is 37.3. The number of imide groups is 1. The first kappa shape index (κ1) is 23.5. The van der Waals surface area contributed by atoms with E-state index >= 15 is 0 Å². The summed E-state index contributed by atoms with van der Waals surface area (Å²) in [5, 5.41) is 9.12. The summed E-state index contributed by atoms with van der Waals surface area (Å²) >= 11 is 16.0. The number of nitrogens with zero attached hydrogens (tertiary/aromatic N) is 1. The molecule has 1 aliphatic heterocycles. The predicted octanol–water partition coefficient (Wildman–Crippen LogP) is 5.46. The van der Waals surface area contributed by atoms with Crippen molar-refractivity contribution in [1.29, 1.82) is 0 Å². The van der Waals surface area contributed by atoms with Crippen LogP contribution in [0.1, 0.15) is 11.1 Å². The van der Waals surface area contributed by atoms with Crippen LogP contribution in [0.2, 0.25) is 10.0 Å². The van der Waals surface area contributed by atoms with Crippen molar-refractivity contribution in [3.63, 3.8) is 0 Å². The standard InChI is InChI=1S/C20H14BrCl2NO6S/c1-29-15-6-11(4-12(21)18(15)30-9-17(25)26)7-16-19(27)24(20(28)31-16)8-10-2-3-13(22)14(23)5-10/h2-7H,8-9H2,1H3,(H,25,26)/b16-7-. The third-order valence-corrected chi connectivity index (χ3v) is 6.32. The Balaban J connectivity index is 1.84. The first-order chi connectivity index (χ1) is 14.7. The molecule has 0 bridgehead atoms. The molecule has 11 heteroatoms. The van der Waals surface area contributed by atoms with Gasteiger partial charge in [-0.2, -0.15) is 0 Å². The Bertz CT molecular complexity index is 1110. The first-order valence-electron chi connectivity index (χ1n) is 8.61. The molecule has 0 saturated carbocycles. The molecular weight excluding hydrogens is 533 g/mol. The summed E-state index contributed by atoms with van der Waals surface area (Å²) < 4.78 is 10.9. The molecule has 1 aliphatic rings. The largest absolute Gasteiger partial charge is 0.493 e. The third kappa shape index (κ3) is 5.54. The molecule has 0 spiro atoms. The quantitative estimate of drug-likeness (QED) is 0.460. The number of methoxy groups -OCH3 is 1. The van der Waals surface area contributed by atoms with Crippen LogP contribution < -0.4 is 9.47 Å². The Hall–Kier alpha value is -2.20. The molecule has 1 heterocycles. The van der Waals surface area contributed by atoms with Crippen LogP contribution in [0, 0.1) is 0 Å². The van der Waals surface area contributed by atoms with Crippen molar-refractivity contribution in [3.05, 3.63) is 60.9 Å². The number of benzene rings is 2. The highest BCUT2D eigenvalue weighted by Crippen LogP contribution is 2.39. The summed E-state index contributed by atoms with van der Waals surface area (Å²) in [6.07, 6.45) is 1.55. The summed E-state index contributed by atoms with van der Waals surface area (Å²) in [6, 6.07) is 8.11. The zero-order valence-corrected chi connectivity index (χ0v) is 19.8. The second-order valence-electron chi connectivity index (χ2n) is 6.23. The van der Waals surface area contributed by atoms with Crippen molar-refractivity contribution in [3.8, 4) is 11.5 Å². The molecule has 1 N–H and O–H groups in total. The van der Waals surface area contributed by atoms with Gasteiger partial charge in [-0.05, 0) is 69.2 Å². The Kier molecular flexibility index (Phi) is 7.53. The summed E-state index contributed by atoms with van der Waals surface area (Å²) in [7, 11) is 1.41. The zero-order valence-electron chi connectivity index (χ0n) is 15.9. The second-order valence-corrected chi connectivity index (χ2v) is 8.89. The van der Waals surface area contributed by atoms with Crippen molar-refractivity contribution in [2.75, 3.05) is 13.7 Å². The van der Waals surface area contributed by atoms with Gasteiger partial charge in [0.25, 0.3) is 11.1 Å². The smallest absolute Gasteiger partial charge is 0.341 e. The molecule has 31 heavy (non-hydrogen) atoms. The van der Waals surface area contributed by atoms with Crippen molar-refractivity contribution in [1.82, 2.24) is 4.90 Å². The number of ether oxygens (including phenoxy) is 2. The average Bonchev–Trinajstić information content (AvgIpc) is 2.96. The van der Waals surface area contributed by atoms with Crippen molar-refractivity contribution >= 4 is 74.1 Å². The van der Waals surface area contributed by atoms with Crippen LogP contribution in [0.15, 0.2) is 39.7 Å². The molecule has 0 unspecified atom stereocenters. The van der Waals surface area contributed by atoms with Crippen LogP contribution in [0.3, 0.4) is 0 Å². The van der Waals surface area contributed by atoms with Gasteiger partial charge < -0.3 is 14.6 Å². The minimum atomic E-state index is -1.13. The number of amides is 2. The lowest BCUT2D eigenvalue weighted by molar-refractivity contribution is -0.139. The minimum Gasteiger partial charge on any atom is -0.493 e.